The van der Waals surface area contributed by atoms with E-state index < -0.39 is 30.3 Å². The fraction of sp³-hybridized carbons (Fsp3) is 0.600. The maximum absolute atomic E-state index is 11.0. The molecule has 0 aromatic heterocycles. The SMILES string of the molecule is CCCC(=O)OC(=O)CC(=O)OC(=O)CC. The van der Waals surface area contributed by atoms with Gasteiger partial charge in [0, 0.05) is 12.8 Å². The Bertz CT molecular complexity index is 294. The van der Waals surface area contributed by atoms with Crippen molar-refractivity contribution in [2.24, 2.45) is 0 Å². The van der Waals surface area contributed by atoms with Crippen LogP contribution in [0.4, 0.5) is 0 Å². The average Bonchev–Trinajstić information content (AvgIpc) is 2.16. The highest BCUT2D eigenvalue weighted by molar-refractivity contribution is 5.99. The topological polar surface area (TPSA) is 86.7 Å². The summed E-state index contributed by atoms with van der Waals surface area (Å²) in [5.41, 5.74) is 0. The van der Waals surface area contributed by atoms with E-state index in [9.17, 15) is 19.2 Å². The van der Waals surface area contributed by atoms with E-state index >= 15 is 0 Å². The first-order valence-electron chi connectivity index (χ1n) is 4.96. The maximum Gasteiger partial charge on any atom is 0.324 e. The number of carbonyl (C=O) groups excluding carboxylic acids is 4. The van der Waals surface area contributed by atoms with Crippen LogP contribution >= 0.6 is 0 Å². The smallest absolute Gasteiger partial charge is 0.324 e. The molecule has 0 atom stereocenters. The zero-order chi connectivity index (χ0) is 12.6. The van der Waals surface area contributed by atoms with Gasteiger partial charge in [0.05, 0.1) is 0 Å². The number of hydrogen-bond donors (Lipinski definition) is 0. The lowest BCUT2D eigenvalue weighted by Gasteiger charge is -2.01. The van der Waals surface area contributed by atoms with Crippen molar-refractivity contribution in [2.75, 3.05) is 0 Å². The van der Waals surface area contributed by atoms with Gasteiger partial charge < -0.3 is 9.47 Å². The molecular weight excluding hydrogens is 216 g/mol. The minimum atomic E-state index is -1.01. The quantitative estimate of drug-likeness (QED) is 0.511. The molecule has 0 N–H and O–H groups in total. The first-order valence-corrected chi connectivity index (χ1v) is 4.96. The molecule has 0 aliphatic heterocycles. The summed E-state index contributed by atoms with van der Waals surface area (Å²) in [6, 6.07) is 0. The van der Waals surface area contributed by atoms with E-state index in [0.717, 1.165) is 0 Å². The average molecular weight is 230 g/mol. The summed E-state index contributed by atoms with van der Waals surface area (Å²) < 4.78 is 8.51. The highest BCUT2D eigenvalue weighted by Crippen LogP contribution is 1.97. The van der Waals surface area contributed by atoms with Crippen LogP contribution in [0.15, 0.2) is 0 Å². The molecule has 0 saturated carbocycles. The molecule has 0 aromatic rings. The number of ether oxygens (including phenoxy) is 2. The summed E-state index contributed by atoms with van der Waals surface area (Å²) in [6.45, 7) is 3.26. The molecule has 0 aromatic carbocycles. The number of carbonyl (C=O) groups is 4. The largest absolute Gasteiger partial charge is 0.393 e. The minimum Gasteiger partial charge on any atom is -0.393 e. The lowest BCUT2D eigenvalue weighted by atomic mass is 10.3. The molecule has 0 aliphatic rings. The third kappa shape index (κ3) is 6.69. The molecule has 16 heavy (non-hydrogen) atoms. The Kier molecular flexibility index (Phi) is 6.74. The van der Waals surface area contributed by atoms with Crippen molar-refractivity contribution in [1.29, 1.82) is 0 Å². The molecule has 90 valence electrons. The van der Waals surface area contributed by atoms with Gasteiger partial charge in [0.1, 0.15) is 6.42 Å². The molecule has 0 radical (unpaired) electrons. The molecule has 0 heterocycles. The van der Waals surface area contributed by atoms with Gasteiger partial charge in [-0.15, -0.1) is 0 Å². The van der Waals surface area contributed by atoms with Crippen LogP contribution in [0.25, 0.3) is 0 Å². The van der Waals surface area contributed by atoms with E-state index in [4.69, 9.17) is 0 Å². The van der Waals surface area contributed by atoms with E-state index in [0.29, 0.717) is 6.42 Å². The van der Waals surface area contributed by atoms with Crippen molar-refractivity contribution in [1.82, 2.24) is 0 Å². The summed E-state index contributed by atoms with van der Waals surface area (Å²) >= 11 is 0. The lowest BCUT2D eigenvalue weighted by Crippen LogP contribution is -2.19. The van der Waals surface area contributed by atoms with Gasteiger partial charge >= 0.3 is 23.9 Å². The second-order valence-corrected chi connectivity index (χ2v) is 2.97. The third-order valence-electron chi connectivity index (χ3n) is 1.49. The van der Waals surface area contributed by atoms with Gasteiger partial charge in [-0.1, -0.05) is 13.8 Å². The summed E-state index contributed by atoms with van der Waals surface area (Å²) in [5.74, 6) is -3.44. The van der Waals surface area contributed by atoms with Crippen LogP contribution in [-0.4, -0.2) is 23.9 Å². The number of hydrogen-bond acceptors (Lipinski definition) is 6. The lowest BCUT2D eigenvalue weighted by molar-refractivity contribution is -0.165. The van der Waals surface area contributed by atoms with Gasteiger partial charge in [0.2, 0.25) is 0 Å². The number of esters is 4. The van der Waals surface area contributed by atoms with Crippen molar-refractivity contribution in [3.8, 4) is 0 Å². The Balaban J connectivity index is 3.91. The fourth-order valence-corrected chi connectivity index (χ4v) is 0.771. The molecule has 0 amide bonds. The van der Waals surface area contributed by atoms with Crippen molar-refractivity contribution < 1.29 is 28.7 Å². The van der Waals surface area contributed by atoms with E-state index in [1.807, 2.05) is 0 Å². The fourth-order valence-electron chi connectivity index (χ4n) is 0.771. The van der Waals surface area contributed by atoms with E-state index in [1.54, 1.807) is 6.92 Å². The molecule has 0 spiro atoms. The van der Waals surface area contributed by atoms with Gasteiger partial charge in [-0.25, -0.2) is 0 Å². The molecule has 6 heteroatoms. The van der Waals surface area contributed by atoms with Crippen LogP contribution in [0.3, 0.4) is 0 Å². The minimum absolute atomic E-state index is 0.0373. The third-order valence-corrected chi connectivity index (χ3v) is 1.49. The van der Waals surface area contributed by atoms with Crippen molar-refractivity contribution in [3.63, 3.8) is 0 Å². The van der Waals surface area contributed by atoms with Crippen LogP contribution in [0.1, 0.15) is 39.5 Å². The Morgan fingerprint density at radius 2 is 1.31 bits per heavy atom. The van der Waals surface area contributed by atoms with E-state index in [1.165, 1.54) is 6.92 Å². The molecular formula is C10H14O6. The summed E-state index contributed by atoms with van der Waals surface area (Å²) in [7, 11) is 0. The van der Waals surface area contributed by atoms with Gasteiger partial charge in [-0.3, -0.25) is 19.2 Å². The molecule has 0 fully saturated rings. The normalized spacial score (nSPS) is 9.38. The molecule has 0 saturated heterocycles. The first-order chi connectivity index (χ1) is 7.49. The van der Waals surface area contributed by atoms with Crippen molar-refractivity contribution in [3.05, 3.63) is 0 Å². The predicted molar refractivity (Wildman–Crippen MR) is 52.0 cm³/mol. The Morgan fingerprint density at radius 1 is 0.812 bits per heavy atom. The van der Waals surface area contributed by atoms with Crippen molar-refractivity contribution in [2.45, 2.75) is 39.5 Å². The molecule has 0 unspecified atom stereocenters. The Labute approximate surface area is 92.9 Å². The van der Waals surface area contributed by atoms with E-state index in [2.05, 4.69) is 9.47 Å². The summed E-state index contributed by atoms with van der Waals surface area (Å²) in [6.07, 6.45) is -0.0453. The molecule has 0 rings (SSSR count). The van der Waals surface area contributed by atoms with Gasteiger partial charge in [0.15, 0.2) is 0 Å². The maximum atomic E-state index is 11.0. The highest BCUT2D eigenvalue weighted by Gasteiger charge is 2.17. The second kappa shape index (κ2) is 7.56. The molecule has 6 nitrogen and oxygen atoms in total. The van der Waals surface area contributed by atoms with E-state index in [-0.39, 0.29) is 12.8 Å². The predicted octanol–water partition coefficient (Wildman–Crippen LogP) is 0.726. The monoisotopic (exact) mass is 230 g/mol. The number of rotatable bonds is 5. The molecule has 0 bridgehead atoms. The standard InChI is InChI=1S/C10H14O6/c1-3-5-8(12)16-10(14)6-9(13)15-7(11)4-2/h3-6H2,1-2H3. The summed E-state index contributed by atoms with van der Waals surface area (Å²) in [5, 5.41) is 0. The second-order valence-electron chi connectivity index (χ2n) is 2.97. The van der Waals surface area contributed by atoms with Crippen LogP contribution in [0.2, 0.25) is 0 Å². The highest BCUT2D eigenvalue weighted by atomic mass is 16.6. The zero-order valence-electron chi connectivity index (χ0n) is 9.28. The van der Waals surface area contributed by atoms with Gasteiger partial charge in [0.25, 0.3) is 0 Å². The van der Waals surface area contributed by atoms with Crippen molar-refractivity contribution >= 4 is 23.9 Å². The summed E-state index contributed by atoms with van der Waals surface area (Å²) in [4.78, 5) is 43.4. The van der Waals surface area contributed by atoms with Crippen LogP contribution < -0.4 is 0 Å². The van der Waals surface area contributed by atoms with Gasteiger partial charge in [-0.2, -0.15) is 0 Å². The zero-order valence-corrected chi connectivity index (χ0v) is 9.28. The van der Waals surface area contributed by atoms with Crippen LogP contribution in [-0.2, 0) is 28.7 Å². The first kappa shape index (κ1) is 14.3. The Hall–Kier alpha value is -1.72. The van der Waals surface area contributed by atoms with Gasteiger partial charge in [-0.05, 0) is 6.42 Å². The van der Waals surface area contributed by atoms with Crippen LogP contribution in [0.5, 0.6) is 0 Å². The molecule has 0 aliphatic carbocycles. The van der Waals surface area contributed by atoms with Crippen LogP contribution in [0, 0.1) is 0 Å². The Morgan fingerprint density at radius 3 is 1.75 bits per heavy atom.